The molecular weight excluding hydrogens is 1020 g/mol. The van der Waals surface area contributed by atoms with Gasteiger partial charge in [0.05, 0.1) is 0 Å². The lowest BCUT2D eigenvalue weighted by Crippen LogP contribution is -2.30. The van der Waals surface area contributed by atoms with Gasteiger partial charge in [-0.25, -0.2) is 0 Å². The Hall–Kier alpha value is -4.19. The van der Waals surface area contributed by atoms with Gasteiger partial charge in [-0.05, 0) is 128 Å². The molecule has 6 nitrogen and oxygen atoms in total. The Morgan fingerprint density at radius 2 is 0.470 bits per heavy atom. The first kappa shape index (κ1) is 78.8. The molecule has 474 valence electrons. The largest absolute Gasteiger partial charge is 0.462 e. The van der Waals surface area contributed by atoms with Crippen molar-refractivity contribution in [1.82, 2.24) is 0 Å². The topological polar surface area (TPSA) is 78.9 Å². The van der Waals surface area contributed by atoms with E-state index in [2.05, 4.69) is 142 Å². The van der Waals surface area contributed by atoms with Gasteiger partial charge in [-0.15, -0.1) is 0 Å². The Kier molecular flexibility index (Phi) is 66.7. The van der Waals surface area contributed by atoms with Crippen molar-refractivity contribution in [2.75, 3.05) is 13.2 Å². The third kappa shape index (κ3) is 68.5. The van der Waals surface area contributed by atoms with Crippen LogP contribution in [0.4, 0.5) is 0 Å². The number of hydrogen-bond donors (Lipinski definition) is 0. The number of allylic oxidation sites excluding steroid dienone is 20. The molecule has 0 aromatic rings. The standard InChI is InChI=1S/C77H130O6/c1-4-7-10-13-16-19-22-25-27-29-31-33-35-37-38-40-41-43-45-47-49-52-55-58-61-64-67-70-76(79)82-73-74(72-81-75(78)69-66-63-60-57-54-51-24-21-18-15-12-9-6-3)83-77(80)71-68-65-62-59-56-53-50-48-46-44-42-39-36-34-32-30-28-26-23-20-17-14-11-8-5-2/h7,9-10,12,16,18-19,21,25,27,30-33,37-38,41,43,51,54,74H,4-6,8,11,13-15,17,20,22-24,26,28-29,34-36,39-40,42,44-50,52-53,55-73H2,1-3H3/b10-7-,12-9-,19-16-,21-18-,27-25-,32-30-,33-31-,38-37-,43-41-,54-51-. The molecule has 0 amide bonds. The maximum Gasteiger partial charge on any atom is 0.306 e. The second-order valence-corrected chi connectivity index (χ2v) is 23.0. The van der Waals surface area contributed by atoms with Crippen LogP contribution in [0.2, 0.25) is 0 Å². The SMILES string of the molecule is CC/C=C\C/C=C\C/C=C\C/C=C\C/C=C\C/C=C\CCCCCCCCCCC(=O)OCC(COC(=O)CCCCC/C=C\C/C=C\C/C=C\CC)OC(=O)CCCCCCCCCCCCCCC/C=C\CCCCCCCCCC. The second kappa shape index (κ2) is 70.3. The van der Waals surface area contributed by atoms with Gasteiger partial charge in [-0.2, -0.15) is 0 Å². The highest BCUT2D eigenvalue weighted by Crippen LogP contribution is 2.17. The summed E-state index contributed by atoms with van der Waals surface area (Å²) in [4.78, 5) is 38.4. The predicted octanol–water partition coefficient (Wildman–Crippen LogP) is 24.3. The highest BCUT2D eigenvalue weighted by molar-refractivity contribution is 5.71. The van der Waals surface area contributed by atoms with E-state index in [-0.39, 0.29) is 31.1 Å². The van der Waals surface area contributed by atoms with Crippen LogP contribution in [0.25, 0.3) is 0 Å². The molecule has 0 rings (SSSR count). The molecule has 6 heteroatoms. The fraction of sp³-hybridized carbons (Fsp3) is 0.701. The molecule has 0 aliphatic carbocycles. The lowest BCUT2D eigenvalue weighted by Gasteiger charge is -2.18. The first-order valence-corrected chi connectivity index (χ1v) is 35.0. The predicted molar refractivity (Wildman–Crippen MR) is 362 cm³/mol. The van der Waals surface area contributed by atoms with Gasteiger partial charge >= 0.3 is 17.9 Å². The van der Waals surface area contributed by atoms with Gasteiger partial charge in [-0.1, -0.05) is 303 Å². The van der Waals surface area contributed by atoms with E-state index in [0.29, 0.717) is 19.3 Å². The summed E-state index contributed by atoms with van der Waals surface area (Å²) >= 11 is 0. The molecule has 0 saturated heterocycles. The van der Waals surface area contributed by atoms with Gasteiger partial charge < -0.3 is 14.2 Å². The summed E-state index contributed by atoms with van der Waals surface area (Å²) in [5.41, 5.74) is 0. The van der Waals surface area contributed by atoms with Crippen LogP contribution in [0.5, 0.6) is 0 Å². The zero-order valence-electron chi connectivity index (χ0n) is 54.4. The summed E-state index contributed by atoms with van der Waals surface area (Å²) in [5.74, 6) is -0.921. The van der Waals surface area contributed by atoms with Crippen LogP contribution in [-0.2, 0) is 28.6 Å². The van der Waals surface area contributed by atoms with Crippen molar-refractivity contribution in [2.45, 2.75) is 335 Å². The maximum atomic E-state index is 13.0. The summed E-state index contributed by atoms with van der Waals surface area (Å²) in [6.07, 6.45) is 98.0. The van der Waals surface area contributed by atoms with E-state index >= 15 is 0 Å². The smallest absolute Gasteiger partial charge is 0.306 e. The van der Waals surface area contributed by atoms with E-state index in [1.807, 2.05) is 0 Å². The van der Waals surface area contributed by atoms with E-state index in [1.165, 1.54) is 161 Å². The molecule has 0 radical (unpaired) electrons. The molecule has 83 heavy (non-hydrogen) atoms. The molecule has 1 atom stereocenters. The molecule has 1 unspecified atom stereocenters. The Morgan fingerprint density at radius 3 is 0.759 bits per heavy atom. The second-order valence-electron chi connectivity index (χ2n) is 23.0. The molecule has 0 aliphatic rings. The summed E-state index contributed by atoms with van der Waals surface area (Å²) in [7, 11) is 0. The summed E-state index contributed by atoms with van der Waals surface area (Å²) in [5, 5.41) is 0. The number of esters is 3. The maximum absolute atomic E-state index is 13.0. The quantitative estimate of drug-likeness (QED) is 0.0261. The van der Waals surface area contributed by atoms with Crippen LogP contribution >= 0.6 is 0 Å². The minimum atomic E-state index is -0.798. The lowest BCUT2D eigenvalue weighted by molar-refractivity contribution is -0.167. The minimum absolute atomic E-state index is 0.0928. The van der Waals surface area contributed by atoms with Crippen molar-refractivity contribution >= 4 is 17.9 Å². The van der Waals surface area contributed by atoms with Crippen LogP contribution in [0.3, 0.4) is 0 Å². The average molecular weight is 1150 g/mol. The first-order valence-electron chi connectivity index (χ1n) is 35.0. The van der Waals surface area contributed by atoms with E-state index in [1.54, 1.807) is 0 Å². The number of hydrogen-bond acceptors (Lipinski definition) is 6. The molecule has 0 aromatic heterocycles. The van der Waals surface area contributed by atoms with Crippen LogP contribution in [0, 0.1) is 0 Å². The Bertz CT molecular complexity index is 1700. The fourth-order valence-corrected chi connectivity index (χ4v) is 9.75. The molecule has 0 fully saturated rings. The van der Waals surface area contributed by atoms with E-state index in [4.69, 9.17) is 14.2 Å². The van der Waals surface area contributed by atoms with Crippen LogP contribution < -0.4 is 0 Å². The molecule has 0 aliphatic heterocycles. The van der Waals surface area contributed by atoms with Crippen molar-refractivity contribution in [2.24, 2.45) is 0 Å². The summed E-state index contributed by atoms with van der Waals surface area (Å²) in [6, 6.07) is 0. The number of carbonyl (C=O) groups excluding carboxylic acids is 3. The van der Waals surface area contributed by atoms with Crippen molar-refractivity contribution in [3.05, 3.63) is 122 Å². The summed E-state index contributed by atoms with van der Waals surface area (Å²) < 4.78 is 16.9. The van der Waals surface area contributed by atoms with Gasteiger partial charge in [0.2, 0.25) is 0 Å². The third-order valence-corrected chi connectivity index (χ3v) is 14.9. The van der Waals surface area contributed by atoms with Crippen LogP contribution in [-0.4, -0.2) is 37.2 Å². The van der Waals surface area contributed by atoms with Gasteiger partial charge in [0.15, 0.2) is 6.10 Å². The van der Waals surface area contributed by atoms with E-state index in [9.17, 15) is 14.4 Å². The van der Waals surface area contributed by atoms with Gasteiger partial charge in [0, 0.05) is 19.3 Å². The zero-order valence-corrected chi connectivity index (χ0v) is 54.4. The number of ether oxygens (including phenoxy) is 3. The van der Waals surface area contributed by atoms with Crippen molar-refractivity contribution in [3.8, 4) is 0 Å². The third-order valence-electron chi connectivity index (χ3n) is 14.9. The van der Waals surface area contributed by atoms with Crippen molar-refractivity contribution in [1.29, 1.82) is 0 Å². The Morgan fingerprint density at radius 1 is 0.253 bits per heavy atom. The Balaban J connectivity index is 4.32. The number of carbonyl (C=O) groups is 3. The van der Waals surface area contributed by atoms with Crippen LogP contribution in [0.1, 0.15) is 329 Å². The first-order chi connectivity index (χ1) is 41.0. The fourth-order valence-electron chi connectivity index (χ4n) is 9.75. The number of rotatable bonds is 63. The molecular formula is C77H130O6. The number of unbranched alkanes of at least 4 members (excludes halogenated alkanes) is 32. The van der Waals surface area contributed by atoms with Gasteiger partial charge in [0.1, 0.15) is 13.2 Å². The van der Waals surface area contributed by atoms with Gasteiger partial charge in [0.25, 0.3) is 0 Å². The van der Waals surface area contributed by atoms with Gasteiger partial charge in [-0.3, -0.25) is 14.4 Å². The van der Waals surface area contributed by atoms with E-state index < -0.39 is 6.10 Å². The van der Waals surface area contributed by atoms with Crippen molar-refractivity contribution in [3.63, 3.8) is 0 Å². The molecule has 0 saturated carbocycles. The Labute approximate surface area is 513 Å². The molecule has 0 spiro atoms. The summed E-state index contributed by atoms with van der Waals surface area (Å²) in [6.45, 7) is 6.41. The van der Waals surface area contributed by atoms with Crippen LogP contribution in [0.15, 0.2) is 122 Å². The zero-order chi connectivity index (χ0) is 59.9. The molecule has 0 aromatic carbocycles. The van der Waals surface area contributed by atoms with Crippen molar-refractivity contribution < 1.29 is 28.6 Å². The minimum Gasteiger partial charge on any atom is -0.462 e. The highest BCUT2D eigenvalue weighted by Gasteiger charge is 2.19. The normalized spacial score (nSPS) is 12.9. The molecule has 0 heterocycles. The highest BCUT2D eigenvalue weighted by atomic mass is 16.6. The monoisotopic (exact) mass is 1150 g/mol. The molecule has 0 bridgehead atoms. The molecule has 0 N–H and O–H groups in total. The van der Waals surface area contributed by atoms with E-state index in [0.717, 1.165) is 128 Å². The average Bonchev–Trinajstić information content (AvgIpc) is 3.49. The lowest BCUT2D eigenvalue weighted by atomic mass is 10.0.